The number of piperidine rings is 1. The van der Waals surface area contributed by atoms with E-state index in [1.165, 1.54) is 12.4 Å². The Balaban J connectivity index is 1.56. The molecule has 5 rings (SSSR count). The van der Waals surface area contributed by atoms with Crippen LogP contribution in [0.3, 0.4) is 0 Å². The smallest absolute Gasteiger partial charge is 0.245 e. The fraction of sp³-hybridized carbons (Fsp3) is 0.222. The molecule has 2 N–H and O–H groups in total. The van der Waals surface area contributed by atoms with Crippen molar-refractivity contribution in [3.05, 3.63) is 81.7 Å². The number of aryl methyl sites for hydroxylation is 1. The van der Waals surface area contributed by atoms with Crippen molar-refractivity contribution in [1.82, 2.24) is 19.5 Å². The largest absolute Gasteiger partial charge is 0.457 e. The molecular formula is C27H24Cl3N5O2. The summed E-state index contributed by atoms with van der Waals surface area (Å²) >= 11 is 19.2. The highest BCUT2D eigenvalue weighted by Crippen LogP contribution is 2.44. The van der Waals surface area contributed by atoms with Crippen molar-refractivity contribution in [2.24, 2.45) is 0 Å². The Kier molecular flexibility index (Phi) is 7.03. The lowest BCUT2D eigenvalue weighted by atomic mass is 9.93. The molecule has 0 radical (unpaired) electrons. The van der Waals surface area contributed by atoms with E-state index in [4.69, 9.17) is 45.3 Å². The van der Waals surface area contributed by atoms with Crippen LogP contribution in [0.15, 0.2) is 55.4 Å². The van der Waals surface area contributed by atoms with Crippen LogP contribution in [0.25, 0.3) is 16.6 Å². The first-order chi connectivity index (χ1) is 17.8. The molecule has 37 heavy (non-hydrogen) atoms. The number of halogens is 3. The van der Waals surface area contributed by atoms with Crippen LogP contribution in [0.2, 0.25) is 15.1 Å². The van der Waals surface area contributed by atoms with Gasteiger partial charge in [-0.15, -0.1) is 0 Å². The number of nitrogens with two attached hydrogens (primary N) is 1. The third kappa shape index (κ3) is 4.75. The predicted octanol–water partition coefficient (Wildman–Crippen LogP) is 6.93. The molecule has 7 nitrogen and oxygen atoms in total. The molecule has 10 heteroatoms. The van der Waals surface area contributed by atoms with Gasteiger partial charge < -0.3 is 15.4 Å². The number of anilines is 1. The summed E-state index contributed by atoms with van der Waals surface area (Å²) in [6, 6.07) is 10.9. The molecule has 1 aliphatic heterocycles. The summed E-state index contributed by atoms with van der Waals surface area (Å²) in [7, 11) is 0. The highest BCUT2D eigenvalue weighted by Gasteiger charge is 2.31. The molecular weight excluding hydrogens is 533 g/mol. The lowest BCUT2D eigenvalue weighted by Crippen LogP contribution is -2.38. The van der Waals surface area contributed by atoms with Gasteiger partial charge in [0.25, 0.3) is 0 Å². The molecule has 0 bridgehead atoms. The van der Waals surface area contributed by atoms with Crippen molar-refractivity contribution >= 4 is 52.0 Å². The Morgan fingerprint density at radius 2 is 2.00 bits per heavy atom. The first-order valence-electron chi connectivity index (χ1n) is 11.7. The van der Waals surface area contributed by atoms with Gasteiger partial charge in [-0.2, -0.15) is 5.10 Å². The summed E-state index contributed by atoms with van der Waals surface area (Å²) < 4.78 is 7.81. The number of nitrogen functional groups attached to an aromatic ring is 1. The summed E-state index contributed by atoms with van der Waals surface area (Å²) in [5, 5.41) is 5.92. The maximum absolute atomic E-state index is 12.3. The van der Waals surface area contributed by atoms with Crippen LogP contribution >= 0.6 is 34.8 Å². The normalized spacial score (nSPS) is 15.7. The number of nitrogens with zero attached hydrogens (tertiary/aromatic N) is 4. The number of benzene rings is 2. The quantitative estimate of drug-likeness (QED) is 0.269. The second-order valence-corrected chi connectivity index (χ2v) is 10.2. The maximum Gasteiger partial charge on any atom is 0.245 e. The van der Waals surface area contributed by atoms with Crippen LogP contribution in [0.1, 0.15) is 30.0 Å². The number of fused-ring (bicyclic) bond motifs is 1. The Morgan fingerprint density at radius 1 is 1.19 bits per heavy atom. The number of amides is 1. The monoisotopic (exact) mass is 555 g/mol. The van der Waals surface area contributed by atoms with E-state index >= 15 is 0 Å². The van der Waals surface area contributed by atoms with Gasteiger partial charge in [0, 0.05) is 30.6 Å². The molecule has 1 amide bonds. The summed E-state index contributed by atoms with van der Waals surface area (Å²) in [6.45, 7) is 6.78. The third-order valence-electron chi connectivity index (χ3n) is 6.60. The van der Waals surface area contributed by atoms with E-state index < -0.39 is 0 Å². The van der Waals surface area contributed by atoms with Gasteiger partial charge in [0.2, 0.25) is 5.91 Å². The van der Waals surface area contributed by atoms with Crippen LogP contribution in [-0.4, -0.2) is 38.5 Å². The van der Waals surface area contributed by atoms with Gasteiger partial charge in [-0.05, 0) is 61.2 Å². The number of carbonyl (C=O) groups excluding carboxylic acids is 1. The molecule has 3 heterocycles. The molecule has 0 aliphatic carbocycles. The van der Waals surface area contributed by atoms with Crippen LogP contribution < -0.4 is 10.5 Å². The summed E-state index contributed by atoms with van der Waals surface area (Å²) in [4.78, 5) is 18.3. The van der Waals surface area contributed by atoms with E-state index in [1.54, 1.807) is 27.6 Å². The number of carbonyl (C=O) groups is 1. The van der Waals surface area contributed by atoms with Crippen molar-refractivity contribution in [2.75, 3.05) is 18.8 Å². The number of likely N-dealkylation sites (tertiary alicyclic amines) is 1. The van der Waals surface area contributed by atoms with Crippen LogP contribution in [-0.2, 0) is 4.79 Å². The first-order valence-corrected chi connectivity index (χ1v) is 12.9. The van der Waals surface area contributed by atoms with Gasteiger partial charge in [-0.3, -0.25) is 4.79 Å². The van der Waals surface area contributed by atoms with Crippen molar-refractivity contribution in [3.63, 3.8) is 0 Å². The number of ether oxygens (including phenoxy) is 1. The lowest BCUT2D eigenvalue weighted by Gasteiger charge is -2.32. The maximum atomic E-state index is 12.3. The minimum Gasteiger partial charge on any atom is -0.457 e. The predicted molar refractivity (Wildman–Crippen MR) is 148 cm³/mol. The molecule has 1 atom stereocenters. The van der Waals surface area contributed by atoms with E-state index in [9.17, 15) is 4.79 Å². The fourth-order valence-corrected chi connectivity index (χ4v) is 5.56. The number of rotatable bonds is 5. The zero-order valence-electron chi connectivity index (χ0n) is 20.0. The molecule has 190 valence electrons. The number of hydrogen-bond acceptors (Lipinski definition) is 5. The van der Waals surface area contributed by atoms with Crippen molar-refractivity contribution < 1.29 is 9.53 Å². The van der Waals surface area contributed by atoms with Crippen LogP contribution in [0, 0.1) is 6.92 Å². The first kappa shape index (κ1) is 25.4. The summed E-state index contributed by atoms with van der Waals surface area (Å²) in [6.07, 6.45) is 4.48. The average Bonchev–Trinajstić information content (AvgIpc) is 3.20. The minimum absolute atomic E-state index is 0.0148. The van der Waals surface area contributed by atoms with Gasteiger partial charge in [0.1, 0.15) is 23.3 Å². The van der Waals surface area contributed by atoms with E-state index in [-0.39, 0.29) is 11.8 Å². The van der Waals surface area contributed by atoms with Crippen molar-refractivity contribution in [2.45, 2.75) is 25.7 Å². The second kappa shape index (κ2) is 10.2. The summed E-state index contributed by atoms with van der Waals surface area (Å²) in [5.74, 6) is 1.45. The van der Waals surface area contributed by atoms with Gasteiger partial charge in [0.05, 0.1) is 20.8 Å². The second-order valence-electron chi connectivity index (χ2n) is 8.97. The van der Waals surface area contributed by atoms with Gasteiger partial charge in [-0.25, -0.2) is 9.50 Å². The van der Waals surface area contributed by atoms with Crippen molar-refractivity contribution in [3.8, 4) is 22.6 Å². The minimum atomic E-state index is -0.0933. The van der Waals surface area contributed by atoms with Gasteiger partial charge >= 0.3 is 0 Å². The molecule has 2 aromatic heterocycles. The zero-order chi connectivity index (χ0) is 26.3. The Labute approximate surface area is 229 Å². The van der Waals surface area contributed by atoms with Crippen LogP contribution in [0.5, 0.6) is 11.5 Å². The topological polar surface area (TPSA) is 85.8 Å². The highest BCUT2D eigenvalue weighted by molar-refractivity contribution is 6.42. The Hall–Kier alpha value is -3.26. The SMILES string of the molecule is C=CC(=O)N1CCC[C@@H](c2c(Cl)c(-c3ccc(Oc4ccc(Cl)c(Cl)c4)c(C)c3)c3c(N)ncnn23)C1. The molecule has 4 aromatic rings. The molecule has 1 fully saturated rings. The molecule has 0 saturated carbocycles. The molecule has 2 aromatic carbocycles. The highest BCUT2D eigenvalue weighted by atomic mass is 35.5. The van der Waals surface area contributed by atoms with Gasteiger partial charge in [-0.1, -0.05) is 47.4 Å². The van der Waals surface area contributed by atoms with E-state index in [0.717, 1.165) is 35.2 Å². The van der Waals surface area contributed by atoms with Crippen molar-refractivity contribution in [1.29, 1.82) is 0 Å². The van der Waals surface area contributed by atoms with Crippen LogP contribution in [0.4, 0.5) is 5.82 Å². The Morgan fingerprint density at radius 3 is 2.73 bits per heavy atom. The Bertz CT molecular complexity index is 1530. The van der Waals surface area contributed by atoms with E-state index in [2.05, 4.69) is 16.7 Å². The summed E-state index contributed by atoms with van der Waals surface area (Å²) in [5.41, 5.74) is 10.3. The molecule has 0 unspecified atom stereocenters. The number of aromatic nitrogens is 3. The standard InChI is InChI=1S/C27H24Cl3N5O2/c1-3-22(36)34-10-4-5-17(13-34)25-24(30)23(26-27(31)32-14-33-35(25)26)16-6-9-21(15(2)11-16)37-18-7-8-19(28)20(29)12-18/h3,6-9,11-12,14,17H,1,4-5,10,13H2,2H3,(H2,31,32,33)/t17-/m1/s1. The fourth-order valence-electron chi connectivity index (χ4n) is 4.84. The average molecular weight is 557 g/mol. The molecule has 0 spiro atoms. The van der Waals surface area contributed by atoms with E-state index in [1.807, 2.05) is 25.1 Å². The van der Waals surface area contributed by atoms with Gasteiger partial charge in [0.15, 0.2) is 5.82 Å². The molecule has 1 saturated heterocycles. The third-order valence-corrected chi connectivity index (χ3v) is 7.73. The number of hydrogen-bond donors (Lipinski definition) is 1. The molecule has 1 aliphatic rings. The van der Waals surface area contributed by atoms with E-state index in [0.29, 0.717) is 51.0 Å². The zero-order valence-corrected chi connectivity index (χ0v) is 22.3. The lowest BCUT2D eigenvalue weighted by molar-refractivity contribution is -0.127.